The number of aryl methyl sites for hydroxylation is 1. The minimum Gasteiger partial charge on any atom is -0.507 e. The van der Waals surface area contributed by atoms with Gasteiger partial charge in [-0.15, -0.1) is 0 Å². The second-order valence-corrected chi connectivity index (χ2v) is 4.19. The van der Waals surface area contributed by atoms with Gasteiger partial charge in [0.25, 0.3) is 5.69 Å². The maximum absolute atomic E-state index is 10.8. The Morgan fingerprint density at radius 3 is 2.52 bits per heavy atom. The second kappa shape index (κ2) is 6.46. The molecule has 0 aliphatic carbocycles. The normalized spacial score (nSPS) is 12.2. The predicted molar refractivity (Wildman–Crippen MR) is 70.8 cm³/mol. The van der Waals surface area contributed by atoms with E-state index in [1.807, 2.05) is 0 Å². The molecule has 112 valence electrons. The van der Waals surface area contributed by atoms with E-state index >= 15 is 0 Å². The Morgan fingerprint density at radius 1 is 1.43 bits per heavy atom. The molecule has 1 atom stereocenters. The van der Waals surface area contributed by atoms with Crippen LogP contribution in [0, 0.1) is 17.0 Å². The Kier molecular flexibility index (Phi) is 4.95. The SMILES string of the molecule is Cc1cc([N+](=O)[O-])cc(C=N[C@@H](CC(=O)O)C(=O)O)c1O. The summed E-state index contributed by atoms with van der Waals surface area (Å²) in [6.07, 6.45) is 0.178. The molecule has 0 radical (unpaired) electrons. The Morgan fingerprint density at radius 2 is 2.05 bits per heavy atom. The fourth-order valence-corrected chi connectivity index (χ4v) is 1.53. The quantitative estimate of drug-likeness (QED) is 0.401. The van der Waals surface area contributed by atoms with Gasteiger partial charge < -0.3 is 15.3 Å². The summed E-state index contributed by atoms with van der Waals surface area (Å²) in [7, 11) is 0. The number of carboxylic acid groups (broad SMARTS) is 2. The standard InChI is InChI=1S/C12H12N2O7/c1-6-2-8(14(20)21)3-7(11(6)17)5-13-9(12(18)19)4-10(15)16/h2-3,5,9,17H,4H2,1H3,(H,15,16)(H,18,19)/t9-/m0/s1. The average Bonchev–Trinajstić information content (AvgIpc) is 2.37. The molecule has 0 aromatic heterocycles. The van der Waals surface area contributed by atoms with Crippen molar-refractivity contribution in [2.45, 2.75) is 19.4 Å². The largest absolute Gasteiger partial charge is 0.507 e. The number of hydrogen-bond acceptors (Lipinski definition) is 6. The van der Waals surface area contributed by atoms with Gasteiger partial charge in [0.2, 0.25) is 0 Å². The molecule has 3 N–H and O–H groups in total. The number of aliphatic carboxylic acids is 2. The molecule has 0 aliphatic heterocycles. The Hall–Kier alpha value is -2.97. The summed E-state index contributed by atoms with van der Waals surface area (Å²) >= 11 is 0. The maximum Gasteiger partial charge on any atom is 0.329 e. The first-order valence-corrected chi connectivity index (χ1v) is 5.68. The van der Waals surface area contributed by atoms with Crippen LogP contribution in [-0.4, -0.2) is 44.4 Å². The van der Waals surface area contributed by atoms with Gasteiger partial charge in [-0.2, -0.15) is 0 Å². The average molecular weight is 296 g/mol. The van der Waals surface area contributed by atoms with E-state index in [2.05, 4.69) is 4.99 Å². The number of carboxylic acids is 2. The number of hydrogen-bond donors (Lipinski definition) is 3. The van der Waals surface area contributed by atoms with Crippen molar-refractivity contribution in [3.63, 3.8) is 0 Å². The Bertz CT molecular complexity index is 624. The van der Waals surface area contributed by atoms with Gasteiger partial charge in [-0.3, -0.25) is 19.9 Å². The van der Waals surface area contributed by atoms with Crippen molar-refractivity contribution < 1.29 is 29.8 Å². The molecule has 0 spiro atoms. The number of aromatic hydroxyl groups is 1. The number of nitro groups is 1. The zero-order valence-corrected chi connectivity index (χ0v) is 10.9. The lowest BCUT2D eigenvalue weighted by Crippen LogP contribution is -2.21. The van der Waals surface area contributed by atoms with E-state index in [1.165, 1.54) is 6.92 Å². The molecular formula is C12H12N2O7. The van der Waals surface area contributed by atoms with Crippen LogP contribution in [0.15, 0.2) is 17.1 Å². The van der Waals surface area contributed by atoms with E-state index < -0.39 is 29.3 Å². The van der Waals surface area contributed by atoms with E-state index in [1.54, 1.807) is 0 Å². The summed E-state index contributed by atoms with van der Waals surface area (Å²) < 4.78 is 0. The number of phenols is 1. The van der Waals surface area contributed by atoms with Crippen LogP contribution in [0.3, 0.4) is 0 Å². The number of benzene rings is 1. The van der Waals surface area contributed by atoms with Crippen LogP contribution in [0.4, 0.5) is 5.69 Å². The molecule has 1 aromatic carbocycles. The topological polar surface area (TPSA) is 150 Å². The number of non-ortho nitro benzene ring substituents is 1. The van der Waals surface area contributed by atoms with Crippen molar-refractivity contribution in [2.24, 2.45) is 4.99 Å². The molecule has 0 bridgehead atoms. The van der Waals surface area contributed by atoms with Crippen LogP contribution in [0.5, 0.6) is 5.75 Å². The number of nitrogens with zero attached hydrogens (tertiary/aromatic N) is 2. The van der Waals surface area contributed by atoms with Crippen molar-refractivity contribution in [1.29, 1.82) is 0 Å². The first-order chi connectivity index (χ1) is 9.72. The van der Waals surface area contributed by atoms with Gasteiger partial charge in [0, 0.05) is 23.9 Å². The number of carbonyl (C=O) groups is 2. The van der Waals surface area contributed by atoms with E-state index in [-0.39, 0.29) is 22.6 Å². The molecule has 0 amide bonds. The summed E-state index contributed by atoms with van der Waals surface area (Å²) in [5.41, 5.74) is -0.133. The van der Waals surface area contributed by atoms with Crippen LogP contribution in [-0.2, 0) is 9.59 Å². The number of aliphatic imine (C=N–C) groups is 1. The van der Waals surface area contributed by atoms with Crippen molar-refractivity contribution >= 4 is 23.8 Å². The summed E-state index contributed by atoms with van der Waals surface area (Å²) in [6, 6.07) is 0.630. The van der Waals surface area contributed by atoms with Gasteiger partial charge in [0.1, 0.15) is 5.75 Å². The van der Waals surface area contributed by atoms with E-state index in [4.69, 9.17) is 10.2 Å². The minimum atomic E-state index is -1.54. The first kappa shape index (κ1) is 16.1. The van der Waals surface area contributed by atoms with Crippen LogP contribution in [0.25, 0.3) is 0 Å². The molecule has 0 saturated heterocycles. The van der Waals surface area contributed by atoms with Crippen molar-refractivity contribution in [1.82, 2.24) is 0 Å². The smallest absolute Gasteiger partial charge is 0.329 e. The highest BCUT2D eigenvalue weighted by Gasteiger charge is 2.20. The lowest BCUT2D eigenvalue weighted by molar-refractivity contribution is -0.384. The van der Waals surface area contributed by atoms with Gasteiger partial charge in [-0.1, -0.05) is 0 Å². The van der Waals surface area contributed by atoms with Gasteiger partial charge in [0.05, 0.1) is 11.3 Å². The third kappa shape index (κ3) is 4.27. The number of rotatable bonds is 6. The van der Waals surface area contributed by atoms with Gasteiger partial charge in [0.15, 0.2) is 6.04 Å². The molecule has 9 nitrogen and oxygen atoms in total. The lowest BCUT2D eigenvalue weighted by Gasteiger charge is -2.06. The summed E-state index contributed by atoms with van der Waals surface area (Å²) in [4.78, 5) is 34.9. The third-order valence-electron chi connectivity index (χ3n) is 2.57. The fourth-order valence-electron chi connectivity index (χ4n) is 1.53. The van der Waals surface area contributed by atoms with E-state index in [0.29, 0.717) is 0 Å². The molecule has 1 rings (SSSR count). The van der Waals surface area contributed by atoms with Crippen molar-refractivity contribution in [3.8, 4) is 5.75 Å². The Balaban J connectivity index is 3.15. The molecule has 0 heterocycles. The summed E-state index contributed by atoms with van der Waals surface area (Å²) in [5.74, 6) is -3.09. The maximum atomic E-state index is 10.8. The van der Waals surface area contributed by atoms with Crippen LogP contribution >= 0.6 is 0 Å². The highest BCUT2D eigenvalue weighted by molar-refractivity contribution is 5.88. The summed E-state index contributed by atoms with van der Waals surface area (Å²) in [5, 5.41) is 37.9. The van der Waals surface area contributed by atoms with E-state index in [9.17, 15) is 24.8 Å². The van der Waals surface area contributed by atoms with Crippen molar-refractivity contribution in [3.05, 3.63) is 33.4 Å². The van der Waals surface area contributed by atoms with Gasteiger partial charge in [-0.05, 0) is 12.5 Å². The highest BCUT2D eigenvalue weighted by Crippen LogP contribution is 2.26. The molecular weight excluding hydrogens is 284 g/mol. The minimum absolute atomic E-state index is 0.0571. The molecule has 9 heteroatoms. The van der Waals surface area contributed by atoms with Crippen LogP contribution in [0.1, 0.15) is 17.5 Å². The second-order valence-electron chi connectivity index (χ2n) is 4.19. The molecule has 1 aromatic rings. The van der Waals surface area contributed by atoms with Crippen molar-refractivity contribution in [2.75, 3.05) is 0 Å². The number of nitro benzene ring substituents is 1. The molecule has 0 fully saturated rings. The number of phenolic OH excluding ortho intramolecular Hbond substituents is 1. The van der Waals surface area contributed by atoms with Gasteiger partial charge >= 0.3 is 11.9 Å². The fraction of sp³-hybridized carbons (Fsp3) is 0.250. The lowest BCUT2D eigenvalue weighted by atomic mass is 10.1. The molecule has 0 unspecified atom stereocenters. The first-order valence-electron chi connectivity index (χ1n) is 5.68. The summed E-state index contributed by atoms with van der Waals surface area (Å²) in [6.45, 7) is 1.44. The zero-order chi connectivity index (χ0) is 16.2. The molecule has 0 aliphatic rings. The van der Waals surface area contributed by atoms with Crippen LogP contribution in [0.2, 0.25) is 0 Å². The van der Waals surface area contributed by atoms with Crippen LogP contribution < -0.4 is 0 Å². The molecule has 21 heavy (non-hydrogen) atoms. The Labute approximate surface area is 118 Å². The highest BCUT2D eigenvalue weighted by atomic mass is 16.6. The molecule has 0 saturated carbocycles. The zero-order valence-electron chi connectivity index (χ0n) is 10.9. The van der Waals surface area contributed by atoms with E-state index in [0.717, 1.165) is 18.3 Å². The monoisotopic (exact) mass is 296 g/mol. The third-order valence-corrected chi connectivity index (χ3v) is 2.57. The predicted octanol–water partition coefficient (Wildman–Crippen LogP) is 0.956. The van der Waals surface area contributed by atoms with Gasteiger partial charge in [-0.25, -0.2) is 4.79 Å².